The van der Waals surface area contributed by atoms with Crippen LogP contribution in [0.1, 0.15) is 18.4 Å². The lowest BCUT2D eigenvalue weighted by Gasteiger charge is -2.19. The van der Waals surface area contributed by atoms with Gasteiger partial charge < -0.3 is 4.74 Å². The number of rotatable bonds is 3. The second-order valence-corrected chi connectivity index (χ2v) is 5.67. The zero-order valence-electron chi connectivity index (χ0n) is 13.3. The van der Waals surface area contributed by atoms with E-state index >= 15 is 0 Å². The maximum atomic E-state index is 5.28. The van der Waals surface area contributed by atoms with Gasteiger partial charge in [0.1, 0.15) is 11.4 Å². The van der Waals surface area contributed by atoms with E-state index in [1.54, 1.807) is 7.11 Å². The quantitative estimate of drug-likeness (QED) is 0.807. The lowest BCUT2D eigenvalue weighted by atomic mass is 10.1. The largest absolute Gasteiger partial charge is 0.497 e. The topological polar surface area (TPSA) is 15.5 Å². The number of amidine groups is 1. The fraction of sp³-hybridized carbons (Fsp3) is 0.316. The van der Waals surface area contributed by atoms with Gasteiger partial charge in [0.05, 0.1) is 32.8 Å². The molecule has 3 nitrogen and oxygen atoms in total. The van der Waals surface area contributed by atoms with Crippen LogP contribution in [0.15, 0.2) is 54.6 Å². The van der Waals surface area contributed by atoms with Crippen LogP contribution in [0.5, 0.6) is 5.75 Å². The molecule has 0 N–H and O–H groups in total. The van der Waals surface area contributed by atoms with Crippen molar-refractivity contribution in [2.45, 2.75) is 12.8 Å². The fourth-order valence-corrected chi connectivity index (χ4v) is 3.01. The van der Waals surface area contributed by atoms with Gasteiger partial charge in [0.15, 0.2) is 0 Å². The minimum Gasteiger partial charge on any atom is -0.497 e. The normalized spacial score (nSPS) is 15.6. The number of hydrogen-bond donors (Lipinski definition) is 0. The third-order valence-electron chi connectivity index (χ3n) is 4.16. The Hall–Kier alpha value is -2.29. The molecule has 0 bridgehead atoms. The first-order valence-electron chi connectivity index (χ1n) is 7.84. The predicted octanol–water partition coefficient (Wildman–Crippen LogP) is 3.38. The molecule has 3 rings (SSSR count). The number of methoxy groups -OCH3 is 1. The Morgan fingerprint density at radius 3 is 2.36 bits per heavy atom. The van der Waals surface area contributed by atoms with Gasteiger partial charge in [-0.25, -0.2) is 4.90 Å². The van der Waals surface area contributed by atoms with Crippen molar-refractivity contribution in [1.29, 1.82) is 0 Å². The summed E-state index contributed by atoms with van der Waals surface area (Å²) in [4.78, 5) is 2.42. The van der Waals surface area contributed by atoms with Gasteiger partial charge in [0, 0.05) is 0 Å². The van der Waals surface area contributed by atoms with Gasteiger partial charge in [-0.05, 0) is 49.2 Å². The second-order valence-electron chi connectivity index (χ2n) is 5.67. The van der Waals surface area contributed by atoms with Crippen LogP contribution in [0.2, 0.25) is 0 Å². The molecule has 0 spiro atoms. The van der Waals surface area contributed by atoms with E-state index in [-0.39, 0.29) is 0 Å². The Morgan fingerprint density at radius 2 is 1.68 bits per heavy atom. The van der Waals surface area contributed by atoms with E-state index < -0.39 is 0 Å². The average molecular weight is 295 g/mol. The molecule has 0 saturated carbocycles. The smallest absolute Gasteiger partial charge is 0.284 e. The summed E-state index contributed by atoms with van der Waals surface area (Å²) in [6.07, 6.45) is 2.42. The zero-order chi connectivity index (χ0) is 15.4. The molecule has 2 aromatic rings. The van der Waals surface area contributed by atoms with Crippen LogP contribution >= 0.6 is 0 Å². The zero-order valence-corrected chi connectivity index (χ0v) is 13.3. The molecule has 1 aliphatic heterocycles. The van der Waals surface area contributed by atoms with Crippen molar-refractivity contribution in [3.05, 3.63) is 60.2 Å². The number of anilines is 1. The molecule has 0 aliphatic carbocycles. The van der Waals surface area contributed by atoms with Crippen molar-refractivity contribution in [2.24, 2.45) is 0 Å². The summed E-state index contributed by atoms with van der Waals surface area (Å²) in [5.41, 5.74) is 2.48. The molecule has 0 saturated heterocycles. The van der Waals surface area contributed by atoms with E-state index in [9.17, 15) is 0 Å². The van der Waals surface area contributed by atoms with E-state index in [1.165, 1.54) is 29.9 Å². The Kier molecular flexibility index (Phi) is 4.42. The second kappa shape index (κ2) is 6.65. The maximum absolute atomic E-state index is 5.28. The van der Waals surface area contributed by atoms with E-state index in [4.69, 9.17) is 4.74 Å². The van der Waals surface area contributed by atoms with Crippen LogP contribution in [0.25, 0.3) is 0 Å². The van der Waals surface area contributed by atoms with Crippen molar-refractivity contribution in [2.75, 3.05) is 32.1 Å². The van der Waals surface area contributed by atoms with Crippen molar-refractivity contribution >= 4 is 11.5 Å². The van der Waals surface area contributed by atoms with Crippen LogP contribution in [0.3, 0.4) is 0 Å². The summed E-state index contributed by atoms with van der Waals surface area (Å²) in [5.74, 6) is 2.18. The Morgan fingerprint density at radius 1 is 0.955 bits per heavy atom. The van der Waals surface area contributed by atoms with Gasteiger partial charge in [0.2, 0.25) is 0 Å². The summed E-state index contributed by atoms with van der Waals surface area (Å²) in [7, 11) is 3.89. The number of nitrogens with zero attached hydrogens (tertiary/aromatic N) is 2. The van der Waals surface area contributed by atoms with Crippen LogP contribution in [-0.4, -0.2) is 37.7 Å². The Labute approximate surface area is 132 Å². The van der Waals surface area contributed by atoms with Gasteiger partial charge in [-0.15, -0.1) is 0 Å². The van der Waals surface area contributed by atoms with Crippen LogP contribution in [-0.2, 0) is 0 Å². The molecule has 1 heterocycles. The van der Waals surface area contributed by atoms with Crippen molar-refractivity contribution in [3.63, 3.8) is 0 Å². The fourth-order valence-electron chi connectivity index (χ4n) is 3.01. The number of benzene rings is 2. The molecule has 1 aliphatic rings. The Bertz CT molecular complexity index is 647. The van der Waals surface area contributed by atoms with Crippen LogP contribution in [0, 0.1) is 0 Å². The van der Waals surface area contributed by atoms with Gasteiger partial charge in [-0.2, -0.15) is 0 Å². The maximum Gasteiger partial charge on any atom is 0.284 e. The molecule has 3 heteroatoms. The summed E-state index contributed by atoms with van der Waals surface area (Å²) in [6.45, 7) is 2.14. The SMILES string of the molecule is COc1ccc(N2CCCC[N+](C)=C2c2ccccc2)cc1. The third-order valence-corrected chi connectivity index (χ3v) is 4.16. The van der Waals surface area contributed by atoms with Gasteiger partial charge >= 0.3 is 0 Å². The predicted molar refractivity (Wildman–Crippen MR) is 91.2 cm³/mol. The standard InChI is InChI=1S/C19H23N2O/c1-20-14-6-7-15-21(17-10-12-18(22-2)13-11-17)19(20)16-8-4-3-5-9-16/h3-5,8-13H,6-7,14-15H2,1-2H3/q+1. The molecule has 0 aromatic heterocycles. The molecular weight excluding hydrogens is 272 g/mol. The first kappa shape index (κ1) is 14.6. The van der Waals surface area contributed by atoms with Crippen molar-refractivity contribution in [3.8, 4) is 5.75 Å². The number of ether oxygens (including phenoxy) is 1. The minimum atomic E-state index is 0.896. The van der Waals surface area contributed by atoms with Crippen LogP contribution < -0.4 is 9.64 Å². The summed E-state index contributed by atoms with van der Waals surface area (Å²) >= 11 is 0. The highest BCUT2D eigenvalue weighted by atomic mass is 16.5. The first-order chi connectivity index (χ1) is 10.8. The van der Waals surface area contributed by atoms with Gasteiger partial charge in [-0.1, -0.05) is 18.2 Å². The van der Waals surface area contributed by atoms with Crippen LogP contribution in [0.4, 0.5) is 5.69 Å². The molecule has 0 unspecified atom stereocenters. The highest BCUT2D eigenvalue weighted by Gasteiger charge is 2.27. The minimum absolute atomic E-state index is 0.896. The lowest BCUT2D eigenvalue weighted by Crippen LogP contribution is -2.37. The first-order valence-corrected chi connectivity index (χ1v) is 7.84. The van der Waals surface area contributed by atoms with E-state index in [2.05, 4.69) is 59.0 Å². The highest BCUT2D eigenvalue weighted by Crippen LogP contribution is 2.23. The Balaban J connectivity index is 2.03. The van der Waals surface area contributed by atoms with E-state index in [0.717, 1.165) is 18.8 Å². The summed E-state index contributed by atoms with van der Waals surface area (Å²) in [5, 5.41) is 0. The lowest BCUT2D eigenvalue weighted by molar-refractivity contribution is -0.497. The van der Waals surface area contributed by atoms with E-state index in [0.29, 0.717) is 0 Å². The average Bonchev–Trinajstić information content (AvgIpc) is 2.77. The molecule has 2 aromatic carbocycles. The molecule has 0 radical (unpaired) electrons. The van der Waals surface area contributed by atoms with Gasteiger partial charge in [-0.3, -0.25) is 4.58 Å². The highest BCUT2D eigenvalue weighted by molar-refractivity contribution is 6.06. The molecule has 114 valence electrons. The number of hydrogen-bond acceptors (Lipinski definition) is 2. The third kappa shape index (κ3) is 2.98. The van der Waals surface area contributed by atoms with Crippen molar-refractivity contribution in [1.82, 2.24) is 0 Å². The molecule has 22 heavy (non-hydrogen) atoms. The monoisotopic (exact) mass is 295 g/mol. The van der Waals surface area contributed by atoms with E-state index in [1.807, 2.05) is 12.1 Å². The summed E-state index contributed by atoms with van der Waals surface area (Å²) < 4.78 is 7.65. The molecule has 0 atom stereocenters. The van der Waals surface area contributed by atoms with Gasteiger partial charge in [0.25, 0.3) is 5.84 Å². The van der Waals surface area contributed by atoms with Crippen molar-refractivity contribution < 1.29 is 9.31 Å². The summed E-state index contributed by atoms with van der Waals surface area (Å²) in [6, 6.07) is 19.0. The molecule has 0 fully saturated rings. The molecule has 0 amide bonds. The molecular formula is C19H23N2O+.